The van der Waals surface area contributed by atoms with Crippen LogP contribution >= 0.6 is 0 Å². The third kappa shape index (κ3) is 5.17. The van der Waals surface area contributed by atoms with Crippen molar-refractivity contribution in [3.8, 4) is 17.2 Å². The maximum Gasteiger partial charge on any atom is 0.453 e. The zero-order chi connectivity index (χ0) is 24.3. The Morgan fingerprint density at radius 3 is 2.29 bits per heavy atom. The van der Waals surface area contributed by atoms with Gasteiger partial charge in [-0.25, -0.2) is 4.79 Å². The van der Waals surface area contributed by atoms with Gasteiger partial charge in [0.25, 0.3) is 5.76 Å². The fourth-order valence-corrected chi connectivity index (χ4v) is 3.10. The van der Waals surface area contributed by atoms with E-state index in [-0.39, 0.29) is 16.9 Å². The molecule has 0 radical (unpaired) electrons. The van der Waals surface area contributed by atoms with E-state index in [1.807, 2.05) is 6.07 Å². The molecule has 3 aromatic carbocycles. The van der Waals surface area contributed by atoms with E-state index >= 15 is 0 Å². The number of carbonyl (C=O) groups excluding carboxylic acids is 1. The van der Waals surface area contributed by atoms with Crippen molar-refractivity contribution in [2.75, 3.05) is 0 Å². The normalized spacial score (nSPS) is 11.6. The minimum Gasteiger partial charge on any atom is -0.449 e. The van der Waals surface area contributed by atoms with Crippen LogP contribution in [-0.2, 0) is 11.0 Å². The molecule has 1 aromatic heterocycles. The van der Waals surface area contributed by atoms with Gasteiger partial charge in [-0.1, -0.05) is 48.0 Å². The Morgan fingerprint density at radius 1 is 0.941 bits per heavy atom. The lowest BCUT2D eigenvalue weighted by Crippen LogP contribution is -2.15. The first-order valence-corrected chi connectivity index (χ1v) is 10.1. The van der Waals surface area contributed by atoms with E-state index in [4.69, 9.17) is 13.9 Å². The molecule has 0 aliphatic rings. The van der Waals surface area contributed by atoms with Crippen LogP contribution < -0.4 is 14.9 Å². The Labute approximate surface area is 191 Å². The summed E-state index contributed by atoms with van der Waals surface area (Å²) in [4.78, 5) is 25.0. The minimum atomic E-state index is -5.00. The van der Waals surface area contributed by atoms with Crippen LogP contribution in [0.4, 0.5) is 13.2 Å². The van der Waals surface area contributed by atoms with E-state index < -0.39 is 34.7 Å². The van der Waals surface area contributed by atoms with Gasteiger partial charge in [0.15, 0.2) is 0 Å². The Morgan fingerprint density at radius 2 is 1.62 bits per heavy atom. The van der Waals surface area contributed by atoms with E-state index in [0.29, 0.717) is 0 Å². The van der Waals surface area contributed by atoms with Crippen LogP contribution in [-0.4, -0.2) is 5.97 Å². The lowest BCUT2D eigenvalue weighted by Gasteiger charge is -2.13. The van der Waals surface area contributed by atoms with Crippen LogP contribution in [0.1, 0.15) is 16.9 Å². The first kappa shape index (κ1) is 22.8. The number of benzene rings is 3. The topological polar surface area (TPSA) is 65.7 Å². The predicted molar refractivity (Wildman–Crippen MR) is 120 cm³/mol. The van der Waals surface area contributed by atoms with Gasteiger partial charge >= 0.3 is 12.1 Å². The number of aryl methyl sites for hydroxylation is 1. The number of rotatable bonds is 5. The number of hydrogen-bond donors (Lipinski definition) is 0. The fourth-order valence-electron chi connectivity index (χ4n) is 3.10. The van der Waals surface area contributed by atoms with E-state index in [2.05, 4.69) is 0 Å². The van der Waals surface area contributed by atoms with Crippen molar-refractivity contribution in [2.24, 2.45) is 0 Å². The SMILES string of the molecule is Cc1ccc(Oc2c(C(F)(F)F)oc3cc(OC(=O)/C=C/c4ccccc4)ccc3c2=O)cc1. The summed E-state index contributed by atoms with van der Waals surface area (Å²) >= 11 is 0. The van der Waals surface area contributed by atoms with Crippen molar-refractivity contribution in [3.05, 3.63) is 106 Å². The Hall–Kier alpha value is -4.33. The second-order valence-electron chi connectivity index (χ2n) is 7.33. The number of esters is 1. The molecular formula is C26H17F3O5. The molecule has 0 spiro atoms. The summed E-state index contributed by atoms with van der Waals surface area (Å²) in [5, 5.41) is -0.158. The molecule has 0 aliphatic heterocycles. The molecule has 0 N–H and O–H groups in total. The van der Waals surface area contributed by atoms with Gasteiger partial charge in [-0.3, -0.25) is 4.79 Å². The summed E-state index contributed by atoms with van der Waals surface area (Å²) in [6.45, 7) is 1.80. The molecule has 4 aromatic rings. The molecule has 0 fully saturated rings. The van der Waals surface area contributed by atoms with E-state index in [0.717, 1.165) is 17.2 Å². The van der Waals surface area contributed by atoms with Gasteiger partial charge in [-0.05, 0) is 42.8 Å². The molecule has 1 heterocycles. The monoisotopic (exact) mass is 466 g/mol. The van der Waals surface area contributed by atoms with Crippen LogP contribution in [0.3, 0.4) is 0 Å². The van der Waals surface area contributed by atoms with Crippen LogP contribution in [0.25, 0.3) is 17.0 Å². The standard InChI is InChI=1S/C26H17F3O5/c1-16-7-10-18(11-8-16)33-24-23(31)20-13-12-19(15-21(20)34-25(24)26(27,28)29)32-22(30)14-9-17-5-3-2-4-6-17/h2-15H,1H3/b14-9+. The van der Waals surface area contributed by atoms with Crippen molar-refractivity contribution >= 4 is 23.0 Å². The van der Waals surface area contributed by atoms with Crippen molar-refractivity contribution in [3.63, 3.8) is 0 Å². The van der Waals surface area contributed by atoms with Crippen molar-refractivity contribution in [1.29, 1.82) is 0 Å². The molecule has 5 nitrogen and oxygen atoms in total. The molecule has 172 valence electrons. The largest absolute Gasteiger partial charge is 0.453 e. The average molecular weight is 466 g/mol. The summed E-state index contributed by atoms with van der Waals surface area (Å²) in [6, 6.07) is 18.7. The molecule has 0 bridgehead atoms. The van der Waals surface area contributed by atoms with Crippen molar-refractivity contribution < 1.29 is 31.9 Å². The number of halogens is 3. The summed E-state index contributed by atoms with van der Waals surface area (Å²) in [6.07, 6.45) is -2.30. The lowest BCUT2D eigenvalue weighted by atomic mass is 10.2. The van der Waals surface area contributed by atoms with Crippen LogP contribution in [0.5, 0.6) is 17.2 Å². The van der Waals surface area contributed by atoms with Gasteiger partial charge in [0.2, 0.25) is 11.2 Å². The van der Waals surface area contributed by atoms with Crippen LogP contribution in [0.2, 0.25) is 0 Å². The van der Waals surface area contributed by atoms with Gasteiger partial charge in [0, 0.05) is 12.1 Å². The predicted octanol–water partition coefficient (Wildman–Crippen LogP) is 6.53. The van der Waals surface area contributed by atoms with Crippen LogP contribution in [0.15, 0.2) is 88.1 Å². The molecule has 8 heteroatoms. The highest BCUT2D eigenvalue weighted by atomic mass is 19.4. The molecule has 0 amide bonds. The Bertz CT molecular complexity index is 1420. The number of carbonyl (C=O) groups is 1. The van der Waals surface area contributed by atoms with Gasteiger partial charge in [-0.15, -0.1) is 0 Å². The number of alkyl halides is 3. The highest BCUT2D eigenvalue weighted by molar-refractivity contribution is 5.89. The highest BCUT2D eigenvalue weighted by Gasteiger charge is 2.40. The van der Waals surface area contributed by atoms with Gasteiger partial charge < -0.3 is 13.9 Å². The summed E-state index contributed by atoms with van der Waals surface area (Å²) in [7, 11) is 0. The number of hydrogen-bond acceptors (Lipinski definition) is 5. The summed E-state index contributed by atoms with van der Waals surface area (Å²) in [5.74, 6) is -3.34. The molecule has 0 atom stereocenters. The first-order valence-electron chi connectivity index (χ1n) is 10.1. The van der Waals surface area contributed by atoms with Crippen molar-refractivity contribution in [1.82, 2.24) is 0 Å². The molecule has 4 rings (SSSR count). The third-order valence-electron chi connectivity index (χ3n) is 4.75. The maximum absolute atomic E-state index is 13.7. The number of ether oxygens (including phenoxy) is 2. The van der Waals surface area contributed by atoms with Gasteiger partial charge in [0.05, 0.1) is 5.39 Å². The maximum atomic E-state index is 13.7. The summed E-state index contributed by atoms with van der Waals surface area (Å²) in [5.41, 5.74) is 0.233. The number of fused-ring (bicyclic) bond motifs is 1. The first-order chi connectivity index (χ1) is 16.2. The smallest absolute Gasteiger partial charge is 0.449 e. The lowest BCUT2D eigenvalue weighted by molar-refractivity contribution is -0.154. The molecule has 0 unspecified atom stereocenters. The van der Waals surface area contributed by atoms with Gasteiger partial charge in [0.1, 0.15) is 17.1 Å². The highest BCUT2D eigenvalue weighted by Crippen LogP contribution is 2.38. The minimum absolute atomic E-state index is 0.0542. The molecule has 34 heavy (non-hydrogen) atoms. The average Bonchev–Trinajstić information content (AvgIpc) is 2.80. The van der Waals surface area contributed by atoms with E-state index in [1.54, 1.807) is 43.3 Å². The molecule has 0 aliphatic carbocycles. The second kappa shape index (κ2) is 9.27. The van der Waals surface area contributed by atoms with Gasteiger partial charge in [-0.2, -0.15) is 13.2 Å². The second-order valence-corrected chi connectivity index (χ2v) is 7.33. The summed E-state index contributed by atoms with van der Waals surface area (Å²) < 4.78 is 56.5. The zero-order valence-electron chi connectivity index (χ0n) is 17.8. The van der Waals surface area contributed by atoms with Crippen LogP contribution in [0, 0.1) is 6.92 Å². The third-order valence-corrected chi connectivity index (χ3v) is 4.75. The molecule has 0 saturated carbocycles. The molecule has 0 saturated heterocycles. The zero-order valence-corrected chi connectivity index (χ0v) is 17.8. The van der Waals surface area contributed by atoms with E-state index in [1.165, 1.54) is 36.4 Å². The quantitative estimate of drug-likeness (QED) is 0.190. The Balaban J connectivity index is 1.67. The fraction of sp³-hybridized carbons (Fsp3) is 0.0769. The Kier molecular flexibility index (Phi) is 6.23. The van der Waals surface area contributed by atoms with Crippen molar-refractivity contribution in [2.45, 2.75) is 13.1 Å². The molecular weight excluding hydrogens is 449 g/mol. The van der Waals surface area contributed by atoms with E-state index in [9.17, 15) is 22.8 Å².